The first-order chi connectivity index (χ1) is 8.56. The molecule has 1 aliphatic rings. The van der Waals surface area contributed by atoms with Gasteiger partial charge in [-0.2, -0.15) is 0 Å². The molecule has 1 aliphatic carbocycles. The van der Waals surface area contributed by atoms with Crippen molar-refractivity contribution in [2.45, 2.75) is 12.8 Å². The van der Waals surface area contributed by atoms with Gasteiger partial charge < -0.3 is 10.5 Å². The van der Waals surface area contributed by atoms with Gasteiger partial charge in [-0.3, -0.25) is 15.5 Å². The van der Waals surface area contributed by atoms with Crippen LogP contribution in [0.5, 0.6) is 0 Å². The fourth-order valence-corrected chi connectivity index (χ4v) is 1.40. The minimum absolute atomic E-state index is 0.0962. The molecule has 6 heteroatoms. The van der Waals surface area contributed by atoms with Crippen LogP contribution in [0.25, 0.3) is 0 Å². The summed E-state index contributed by atoms with van der Waals surface area (Å²) >= 11 is 0. The number of rotatable bonds is 3. The molecule has 0 aromatic heterocycles. The number of nitrogens with two attached hydrogens (primary N) is 1. The van der Waals surface area contributed by atoms with Crippen molar-refractivity contribution in [2.75, 3.05) is 5.32 Å². The van der Waals surface area contributed by atoms with Gasteiger partial charge in [-0.25, -0.2) is 4.79 Å². The number of amidine groups is 1. The second-order valence-electron chi connectivity index (χ2n) is 4.10. The molecule has 0 spiro atoms. The second-order valence-corrected chi connectivity index (χ2v) is 4.10. The van der Waals surface area contributed by atoms with Gasteiger partial charge in [0.15, 0.2) is 0 Å². The maximum Gasteiger partial charge on any atom is 0.419 e. The number of esters is 1. The SMILES string of the molecule is N=C(N)c1cccc(NC(=O)OC(=O)C2CC2)c1. The number of carbonyl (C=O) groups excluding carboxylic acids is 2. The van der Waals surface area contributed by atoms with Crippen LogP contribution >= 0.6 is 0 Å². The summed E-state index contributed by atoms with van der Waals surface area (Å²) in [7, 11) is 0. The Balaban J connectivity index is 1.95. The van der Waals surface area contributed by atoms with E-state index in [2.05, 4.69) is 10.1 Å². The second kappa shape index (κ2) is 4.87. The van der Waals surface area contributed by atoms with Gasteiger partial charge in [0.1, 0.15) is 5.84 Å². The Labute approximate surface area is 104 Å². The van der Waals surface area contributed by atoms with Crippen molar-refractivity contribution in [3.05, 3.63) is 29.8 Å². The number of amides is 1. The molecular formula is C12H13N3O3. The Morgan fingerprint density at radius 2 is 2.11 bits per heavy atom. The molecule has 1 aromatic carbocycles. The van der Waals surface area contributed by atoms with Gasteiger partial charge in [-0.05, 0) is 25.0 Å². The number of hydrogen-bond acceptors (Lipinski definition) is 4. The van der Waals surface area contributed by atoms with E-state index in [4.69, 9.17) is 11.1 Å². The lowest BCUT2D eigenvalue weighted by Gasteiger charge is -2.06. The smallest absolute Gasteiger partial charge is 0.384 e. The predicted octanol–water partition coefficient (Wildman–Crippen LogP) is 1.46. The van der Waals surface area contributed by atoms with Crippen molar-refractivity contribution in [3.8, 4) is 0 Å². The molecule has 94 valence electrons. The number of nitrogens with one attached hydrogen (secondary N) is 2. The Morgan fingerprint density at radius 1 is 1.39 bits per heavy atom. The van der Waals surface area contributed by atoms with Crippen LogP contribution in [0.4, 0.5) is 10.5 Å². The quantitative estimate of drug-likeness (QED) is 0.325. The number of nitrogen functional groups attached to an aromatic ring is 1. The molecule has 0 aliphatic heterocycles. The minimum atomic E-state index is -0.812. The Morgan fingerprint density at radius 3 is 2.72 bits per heavy atom. The molecule has 1 amide bonds. The Hall–Kier alpha value is -2.37. The Bertz CT molecular complexity index is 509. The molecule has 4 N–H and O–H groups in total. The minimum Gasteiger partial charge on any atom is -0.384 e. The topological polar surface area (TPSA) is 105 Å². The highest BCUT2D eigenvalue weighted by Crippen LogP contribution is 2.30. The molecule has 0 unspecified atom stereocenters. The van der Waals surface area contributed by atoms with Gasteiger partial charge in [-0.15, -0.1) is 0 Å². The average molecular weight is 247 g/mol. The normalized spacial score (nSPS) is 13.8. The first-order valence-corrected chi connectivity index (χ1v) is 5.53. The number of ether oxygens (including phenoxy) is 1. The van der Waals surface area contributed by atoms with Crippen molar-refractivity contribution >= 4 is 23.6 Å². The van der Waals surface area contributed by atoms with E-state index >= 15 is 0 Å². The van der Waals surface area contributed by atoms with Crippen molar-refractivity contribution in [3.63, 3.8) is 0 Å². The van der Waals surface area contributed by atoms with E-state index in [0.717, 1.165) is 12.8 Å². The highest BCUT2D eigenvalue weighted by molar-refractivity contribution is 5.98. The van der Waals surface area contributed by atoms with E-state index in [1.54, 1.807) is 18.2 Å². The summed E-state index contributed by atoms with van der Waals surface area (Å²) in [6.07, 6.45) is 0.755. The zero-order chi connectivity index (χ0) is 13.1. The number of benzene rings is 1. The maximum absolute atomic E-state index is 11.4. The molecule has 1 saturated carbocycles. The van der Waals surface area contributed by atoms with E-state index < -0.39 is 12.1 Å². The number of anilines is 1. The van der Waals surface area contributed by atoms with Crippen LogP contribution in [0.1, 0.15) is 18.4 Å². The van der Waals surface area contributed by atoms with Gasteiger partial charge in [-0.1, -0.05) is 12.1 Å². The van der Waals surface area contributed by atoms with Gasteiger partial charge in [0.25, 0.3) is 0 Å². The zero-order valence-corrected chi connectivity index (χ0v) is 9.60. The molecule has 6 nitrogen and oxygen atoms in total. The maximum atomic E-state index is 11.4. The third kappa shape index (κ3) is 3.07. The summed E-state index contributed by atoms with van der Waals surface area (Å²) in [5.41, 5.74) is 6.24. The van der Waals surface area contributed by atoms with Gasteiger partial charge >= 0.3 is 12.1 Å². The summed E-state index contributed by atoms with van der Waals surface area (Å²) in [5, 5.41) is 9.69. The summed E-state index contributed by atoms with van der Waals surface area (Å²) < 4.78 is 4.60. The predicted molar refractivity (Wildman–Crippen MR) is 65.3 cm³/mol. The first kappa shape index (κ1) is 12.1. The van der Waals surface area contributed by atoms with E-state index in [1.165, 1.54) is 6.07 Å². The summed E-state index contributed by atoms with van der Waals surface area (Å²) in [6.45, 7) is 0. The Kier molecular flexibility index (Phi) is 3.27. The van der Waals surface area contributed by atoms with Crippen LogP contribution < -0.4 is 11.1 Å². The summed E-state index contributed by atoms with van der Waals surface area (Å²) in [6, 6.07) is 6.45. The van der Waals surface area contributed by atoms with Crippen LogP contribution in [0, 0.1) is 11.3 Å². The fourth-order valence-electron chi connectivity index (χ4n) is 1.40. The lowest BCUT2D eigenvalue weighted by Crippen LogP contribution is -2.20. The molecule has 1 fully saturated rings. The molecule has 0 saturated heterocycles. The number of carbonyl (C=O) groups is 2. The average Bonchev–Trinajstić information content (AvgIpc) is 3.12. The van der Waals surface area contributed by atoms with Crippen LogP contribution in [-0.4, -0.2) is 17.9 Å². The molecule has 18 heavy (non-hydrogen) atoms. The monoisotopic (exact) mass is 247 g/mol. The third-order valence-electron chi connectivity index (χ3n) is 2.52. The molecule has 0 atom stereocenters. The molecule has 0 heterocycles. The highest BCUT2D eigenvalue weighted by Gasteiger charge is 2.32. The standard InChI is InChI=1S/C12H13N3O3/c13-10(14)8-2-1-3-9(6-8)15-12(17)18-11(16)7-4-5-7/h1-3,6-7H,4-5H2,(H3,13,14)(H,15,17). The third-order valence-corrected chi connectivity index (χ3v) is 2.52. The molecule has 1 aromatic rings. The van der Waals surface area contributed by atoms with E-state index in [1.807, 2.05) is 0 Å². The number of hydrogen-bond donors (Lipinski definition) is 3. The highest BCUT2D eigenvalue weighted by atomic mass is 16.6. The van der Waals surface area contributed by atoms with Gasteiger partial charge in [0.2, 0.25) is 0 Å². The van der Waals surface area contributed by atoms with Crippen molar-refractivity contribution < 1.29 is 14.3 Å². The van der Waals surface area contributed by atoms with Crippen LogP contribution in [0.15, 0.2) is 24.3 Å². The molecule has 0 bridgehead atoms. The first-order valence-electron chi connectivity index (χ1n) is 5.53. The molecule has 0 radical (unpaired) electrons. The van der Waals surface area contributed by atoms with E-state index in [9.17, 15) is 9.59 Å². The lowest BCUT2D eigenvalue weighted by molar-refractivity contribution is -0.138. The van der Waals surface area contributed by atoms with Crippen molar-refractivity contribution in [1.29, 1.82) is 5.41 Å². The van der Waals surface area contributed by atoms with Crippen molar-refractivity contribution in [2.24, 2.45) is 11.7 Å². The van der Waals surface area contributed by atoms with Crippen molar-refractivity contribution in [1.82, 2.24) is 0 Å². The van der Waals surface area contributed by atoms with Gasteiger partial charge in [0.05, 0.1) is 5.92 Å². The lowest BCUT2D eigenvalue weighted by atomic mass is 10.2. The molecule has 2 rings (SSSR count). The zero-order valence-electron chi connectivity index (χ0n) is 9.60. The van der Waals surface area contributed by atoms with E-state index in [-0.39, 0.29) is 11.8 Å². The largest absolute Gasteiger partial charge is 0.419 e. The summed E-state index contributed by atoms with van der Waals surface area (Å²) in [4.78, 5) is 22.6. The van der Waals surface area contributed by atoms with E-state index in [0.29, 0.717) is 11.3 Å². The van der Waals surface area contributed by atoms with Crippen LogP contribution in [0.3, 0.4) is 0 Å². The summed E-state index contributed by atoms with van der Waals surface area (Å²) in [5.74, 6) is -0.712. The van der Waals surface area contributed by atoms with Crippen LogP contribution in [0.2, 0.25) is 0 Å². The van der Waals surface area contributed by atoms with Crippen LogP contribution in [-0.2, 0) is 9.53 Å². The molecular weight excluding hydrogens is 234 g/mol. The fraction of sp³-hybridized carbons (Fsp3) is 0.250. The van der Waals surface area contributed by atoms with Gasteiger partial charge in [0, 0.05) is 11.3 Å².